The molecule has 3 aromatic rings. The third-order valence-electron chi connectivity index (χ3n) is 4.00. The fourth-order valence-corrected chi connectivity index (χ4v) is 3.34. The molecule has 0 spiro atoms. The van der Waals surface area contributed by atoms with E-state index in [0.717, 1.165) is 17.7 Å². The molecular weight excluding hydrogens is 403 g/mol. The van der Waals surface area contributed by atoms with E-state index < -0.39 is 11.7 Å². The number of nitrogens with zero attached hydrogens (tertiary/aromatic N) is 1. The number of hydrogen-bond acceptors (Lipinski definition) is 5. The Labute approximate surface area is 169 Å². The fourth-order valence-electron chi connectivity index (χ4n) is 2.61. The second kappa shape index (κ2) is 8.95. The van der Waals surface area contributed by atoms with Crippen LogP contribution in [0.1, 0.15) is 16.8 Å². The van der Waals surface area contributed by atoms with E-state index in [4.69, 9.17) is 4.74 Å². The molecule has 1 heterocycles. The molecule has 9 heteroatoms. The van der Waals surface area contributed by atoms with Crippen LogP contribution in [0, 0.1) is 0 Å². The van der Waals surface area contributed by atoms with Gasteiger partial charge in [0.2, 0.25) is 5.91 Å². The number of alkyl halides is 3. The molecule has 3 rings (SSSR count). The van der Waals surface area contributed by atoms with Gasteiger partial charge in [-0.15, -0.1) is 11.3 Å². The van der Waals surface area contributed by atoms with Gasteiger partial charge in [0.05, 0.1) is 24.8 Å². The second-order valence-electron chi connectivity index (χ2n) is 6.11. The van der Waals surface area contributed by atoms with Crippen molar-refractivity contribution in [3.63, 3.8) is 0 Å². The van der Waals surface area contributed by atoms with Gasteiger partial charge >= 0.3 is 6.18 Å². The number of halogens is 3. The summed E-state index contributed by atoms with van der Waals surface area (Å²) in [5, 5.41) is 7.75. The van der Waals surface area contributed by atoms with Crippen LogP contribution in [0.25, 0.3) is 0 Å². The van der Waals surface area contributed by atoms with Crippen LogP contribution in [0.3, 0.4) is 0 Å². The number of thiazole rings is 1. The van der Waals surface area contributed by atoms with E-state index >= 15 is 0 Å². The van der Waals surface area contributed by atoms with Crippen molar-refractivity contribution >= 4 is 28.1 Å². The SMILES string of the molecule is COc1ccccc1CNC(=O)Cc1csc(Nc2cccc(C(F)(F)F)c2)n1. The molecular formula is C20H18F3N3O2S. The van der Waals surface area contributed by atoms with Gasteiger partial charge in [-0.1, -0.05) is 24.3 Å². The number of hydrogen-bond donors (Lipinski definition) is 2. The lowest BCUT2D eigenvalue weighted by Gasteiger charge is -2.09. The highest BCUT2D eigenvalue weighted by molar-refractivity contribution is 7.13. The number of ether oxygens (including phenoxy) is 1. The third-order valence-corrected chi connectivity index (χ3v) is 4.81. The van der Waals surface area contributed by atoms with E-state index in [9.17, 15) is 18.0 Å². The number of anilines is 2. The lowest BCUT2D eigenvalue weighted by Crippen LogP contribution is -2.24. The number of carbonyl (C=O) groups excluding carboxylic acids is 1. The number of benzene rings is 2. The van der Waals surface area contributed by atoms with E-state index in [2.05, 4.69) is 15.6 Å². The highest BCUT2D eigenvalue weighted by atomic mass is 32.1. The number of rotatable bonds is 7. The van der Waals surface area contributed by atoms with Crippen LogP contribution in [0.4, 0.5) is 24.0 Å². The zero-order chi connectivity index (χ0) is 20.9. The van der Waals surface area contributed by atoms with Gasteiger partial charge in [0, 0.05) is 23.2 Å². The maximum atomic E-state index is 12.8. The Morgan fingerprint density at radius 1 is 1.17 bits per heavy atom. The summed E-state index contributed by atoms with van der Waals surface area (Å²) in [4.78, 5) is 16.4. The largest absolute Gasteiger partial charge is 0.496 e. The molecule has 0 saturated carbocycles. The molecule has 5 nitrogen and oxygen atoms in total. The van der Waals surface area contributed by atoms with Crippen LogP contribution >= 0.6 is 11.3 Å². The summed E-state index contributed by atoms with van der Waals surface area (Å²) >= 11 is 1.22. The van der Waals surface area contributed by atoms with E-state index in [0.29, 0.717) is 23.1 Å². The summed E-state index contributed by atoms with van der Waals surface area (Å²) in [6.07, 6.45) is -4.35. The molecule has 2 aromatic carbocycles. The van der Waals surface area contributed by atoms with Crippen molar-refractivity contribution < 1.29 is 22.7 Å². The predicted octanol–water partition coefficient (Wildman–Crippen LogP) is 4.77. The average Bonchev–Trinajstić information content (AvgIpc) is 3.12. The Bertz CT molecular complexity index is 989. The van der Waals surface area contributed by atoms with Crippen molar-refractivity contribution in [1.82, 2.24) is 10.3 Å². The molecule has 2 N–H and O–H groups in total. The first kappa shape index (κ1) is 20.7. The van der Waals surface area contributed by atoms with Crippen molar-refractivity contribution in [2.75, 3.05) is 12.4 Å². The normalized spacial score (nSPS) is 11.2. The number of nitrogens with one attached hydrogen (secondary N) is 2. The Morgan fingerprint density at radius 2 is 1.97 bits per heavy atom. The molecule has 0 aliphatic carbocycles. The molecule has 0 fully saturated rings. The van der Waals surface area contributed by atoms with E-state index in [1.807, 2.05) is 24.3 Å². The van der Waals surface area contributed by atoms with Gasteiger partial charge in [0.1, 0.15) is 5.75 Å². The van der Waals surface area contributed by atoms with Crippen LogP contribution in [0.5, 0.6) is 5.75 Å². The van der Waals surface area contributed by atoms with Gasteiger partial charge in [0.25, 0.3) is 0 Å². The first-order chi connectivity index (χ1) is 13.8. The van der Waals surface area contributed by atoms with Crippen LogP contribution in [-0.4, -0.2) is 18.0 Å². The zero-order valence-electron chi connectivity index (χ0n) is 15.4. The minimum atomic E-state index is -4.41. The van der Waals surface area contributed by atoms with Crippen LogP contribution in [0.15, 0.2) is 53.9 Å². The van der Waals surface area contributed by atoms with Crippen molar-refractivity contribution in [3.8, 4) is 5.75 Å². The highest BCUT2D eigenvalue weighted by Gasteiger charge is 2.30. The molecule has 1 aromatic heterocycles. The lowest BCUT2D eigenvalue weighted by atomic mass is 10.2. The maximum Gasteiger partial charge on any atom is 0.416 e. The molecule has 0 radical (unpaired) electrons. The van der Waals surface area contributed by atoms with Crippen molar-refractivity contribution in [2.45, 2.75) is 19.1 Å². The highest BCUT2D eigenvalue weighted by Crippen LogP contribution is 2.31. The molecule has 0 aliphatic heterocycles. The minimum Gasteiger partial charge on any atom is -0.496 e. The van der Waals surface area contributed by atoms with Crippen LogP contribution < -0.4 is 15.4 Å². The Hall–Kier alpha value is -3.07. The van der Waals surface area contributed by atoms with E-state index in [1.165, 1.54) is 23.5 Å². The van der Waals surface area contributed by atoms with Gasteiger partial charge in [-0.2, -0.15) is 13.2 Å². The van der Waals surface area contributed by atoms with Crippen LogP contribution in [-0.2, 0) is 23.9 Å². The fraction of sp³-hybridized carbons (Fsp3) is 0.200. The third kappa shape index (κ3) is 5.71. The van der Waals surface area contributed by atoms with E-state index in [1.54, 1.807) is 12.5 Å². The van der Waals surface area contributed by atoms with Gasteiger partial charge in [-0.05, 0) is 24.3 Å². The topological polar surface area (TPSA) is 63.2 Å². The van der Waals surface area contributed by atoms with Gasteiger partial charge in [0.15, 0.2) is 5.13 Å². The number of para-hydroxylation sites is 1. The monoisotopic (exact) mass is 421 g/mol. The second-order valence-corrected chi connectivity index (χ2v) is 6.97. The Balaban J connectivity index is 1.57. The summed E-state index contributed by atoms with van der Waals surface area (Å²) in [6, 6.07) is 12.2. The first-order valence-corrected chi connectivity index (χ1v) is 9.50. The summed E-state index contributed by atoms with van der Waals surface area (Å²) in [5.41, 5.74) is 0.923. The quantitative estimate of drug-likeness (QED) is 0.577. The molecule has 29 heavy (non-hydrogen) atoms. The lowest BCUT2D eigenvalue weighted by molar-refractivity contribution is -0.137. The van der Waals surface area contributed by atoms with Gasteiger partial charge < -0.3 is 15.4 Å². The van der Waals surface area contributed by atoms with Crippen molar-refractivity contribution in [3.05, 3.63) is 70.7 Å². The Morgan fingerprint density at radius 3 is 2.72 bits per heavy atom. The summed E-state index contributed by atoms with van der Waals surface area (Å²) in [7, 11) is 1.56. The number of amides is 1. The van der Waals surface area contributed by atoms with Gasteiger partial charge in [-0.3, -0.25) is 4.79 Å². The molecule has 0 unspecified atom stereocenters. The summed E-state index contributed by atoms with van der Waals surface area (Å²) in [6.45, 7) is 0.322. The zero-order valence-corrected chi connectivity index (χ0v) is 16.2. The molecule has 1 amide bonds. The van der Waals surface area contributed by atoms with E-state index in [-0.39, 0.29) is 18.0 Å². The molecule has 0 saturated heterocycles. The maximum absolute atomic E-state index is 12.8. The summed E-state index contributed by atoms with van der Waals surface area (Å²) < 4.78 is 43.7. The molecule has 152 valence electrons. The number of aromatic nitrogens is 1. The Kier molecular flexibility index (Phi) is 6.38. The molecule has 0 bridgehead atoms. The standard InChI is InChI=1S/C20H18F3N3O2S/c1-28-17-8-3-2-5-13(17)11-24-18(27)10-16-12-29-19(26-16)25-15-7-4-6-14(9-15)20(21,22)23/h2-9,12H,10-11H2,1H3,(H,24,27)(H,25,26). The van der Waals surface area contributed by atoms with Crippen LogP contribution in [0.2, 0.25) is 0 Å². The van der Waals surface area contributed by atoms with Gasteiger partial charge in [-0.25, -0.2) is 4.98 Å². The molecule has 0 aliphatic rings. The van der Waals surface area contributed by atoms with Crippen molar-refractivity contribution in [2.24, 2.45) is 0 Å². The first-order valence-electron chi connectivity index (χ1n) is 8.62. The number of carbonyl (C=O) groups is 1. The smallest absolute Gasteiger partial charge is 0.416 e. The average molecular weight is 421 g/mol. The molecule has 0 atom stereocenters. The summed E-state index contributed by atoms with van der Waals surface area (Å²) in [5.74, 6) is 0.473. The minimum absolute atomic E-state index is 0.0654. The predicted molar refractivity (Wildman–Crippen MR) is 105 cm³/mol. The van der Waals surface area contributed by atoms with Crippen molar-refractivity contribution in [1.29, 1.82) is 0 Å². The number of methoxy groups -OCH3 is 1.